The van der Waals surface area contributed by atoms with Crippen molar-refractivity contribution in [3.63, 3.8) is 0 Å². The van der Waals surface area contributed by atoms with Crippen LogP contribution < -0.4 is 0 Å². The SMILES string of the molecule is COC(=O)[C@@H]1CC[C@@H](c2ccccc2)N1C(=O)C1=COCCO1. The maximum absolute atomic E-state index is 12.9. The Balaban J connectivity index is 1.92. The minimum Gasteiger partial charge on any atom is -0.494 e. The molecule has 0 spiro atoms. The Labute approximate surface area is 134 Å². The first-order chi connectivity index (χ1) is 11.2. The molecule has 122 valence electrons. The Kier molecular flexibility index (Phi) is 4.50. The van der Waals surface area contributed by atoms with Crippen LogP contribution in [0.15, 0.2) is 42.4 Å². The number of rotatable bonds is 3. The summed E-state index contributed by atoms with van der Waals surface area (Å²) in [5.41, 5.74) is 0.990. The van der Waals surface area contributed by atoms with Gasteiger partial charge in [-0.05, 0) is 18.4 Å². The molecule has 0 N–H and O–H groups in total. The molecule has 2 aliphatic rings. The molecule has 1 aromatic rings. The monoisotopic (exact) mass is 317 g/mol. The van der Waals surface area contributed by atoms with E-state index in [1.165, 1.54) is 13.4 Å². The predicted octanol–water partition coefficient (Wildman–Crippen LogP) is 1.78. The fraction of sp³-hybridized carbons (Fsp3) is 0.412. The molecule has 2 atom stereocenters. The zero-order chi connectivity index (χ0) is 16.2. The van der Waals surface area contributed by atoms with Crippen molar-refractivity contribution in [3.8, 4) is 0 Å². The second-order valence-corrected chi connectivity index (χ2v) is 5.46. The number of nitrogens with zero attached hydrogens (tertiary/aromatic N) is 1. The van der Waals surface area contributed by atoms with Crippen LogP contribution in [-0.2, 0) is 23.8 Å². The van der Waals surface area contributed by atoms with Crippen molar-refractivity contribution in [1.82, 2.24) is 4.90 Å². The quantitative estimate of drug-likeness (QED) is 0.795. The van der Waals surface area contributed by atoms with Gasteiger partial charge in [-0.15, -0.1) is 0 Å². The Morgan fingerprint density at radius 3 is 2.61 bits per heavy atom. The number of likely N-dealkylation sites (tertiary alicyclic amines) is 1. The molecule has 23 heavy (non-hydrogen) atoms. The highest BCUT2D eigenvalue weighted by molar-refractivity contribution is 5.95. The highest BCUT2D eigenvalue weighted by Crippen LogP contribution is 2.37. The van der Waals surface area contributed by atoms with E-state index in [0.29, 0.717) is 26.1 Å². The second kappa shape index (κ2) is 6.73. The van der Waals surface area contributed by atoms with Crippen LogP contribution >= 0.6 is 0 Å². The number of hydrogen-bond donors (Lipinski definition) is 0. The molecule has 6 nitrogen and oxygen atoms in total. The van der Waals surface area contributed by atoms with E-state index < -0.39 is 12.0 Å². The lowest BCUT2D eigenvalue weighted by Gasteiger charge is -2.30. The summed E-state index contributed by atoms with van der Waals surface area (Å²) in [4.78, 5) is 26.5. The van der Waals surface area contributed by atoms with Gasteiger partial charge in [0.15, 0.2) is 0 Å². The molecular weight excluding hydrogens is 298 g/mol. The molecule has 1 aromatic carbocycles. The fourth-order valence-corrected chi connectivity index (χ4v) is 3.07. The number of esters is 1. The van der Waals surface area contributed by atoms with Gasteiger partial charge in [0.1, 0.15) is 25.5 Å². The number of ether oxygens (including phenoxy) is 3. The third-order valence-electron chi connectivity index (χ3n) is 4.14. The van der Waals surface area contributed by atoms with Crippen LogP contribution in [0.5, 0.6) is 0 Å². The summed E-state index contributed by atoms with van der Waals surface area (Å²) >= 11 is 0. The van der Waals surface area contributed by atoms with Gasteiger partial charge in [-0.2, -0.15) is 0 Å². The topological polar surface area (TPSA) is 65.1 Å². The number of carbonyl (C=O) groups is 2. The molecule has 1 amide bonds. The number of benzene rings is 1. The summed E-state index contributed by atoms with van der Waals surface area (Å²) in [5, 5.41) is 0. The minimum atomic E-state index is -0.607. The number of amides is 1. The molecule has 2 heterocycles. The van der Waals surface area contributed by atoms with Crippen LogP contribution in [0.2, 0.25) is 0 Å². The van der Waals surface area contributed by atoms with Crippen molar-refractivity contribution in [2.75, 3.05) is 20.3 Å². The molecule has 0 radical (unpaired) electrons. The van der Waals surface area contributed by atoms with E-state index >= 15 is 0 Å². The normalized spacial score (nSPS) is 23.5. The van der Waals surface area contributed by atoms with Gasteiger partial charge in [0.2, 0.25) is 5.76 Å². The van der Waals surface area contributed by atoms with E-state index in [2.05, 4.69) is 0 Å². The van der Waals surface area contributed by atoms with Crippen LogP contribution in [0.25, 0.3) is 0 Å². The van der Waals surface area contributed by atoms with Gasteiger partial charge in [0, 0.05) is 0 Å². The lowest BCUT2D eigenvalue weighted by atomic mass is 10.0. The van der Waals surface area contributed by atoms with Crippen molar-refractivity contribution in [1.29, 1.82) is 0 Å². The van der Waals surface area contributed by atoms with Crippen molar-refractivity contribution < 1.29 is 23.8 Å². The van der Waals surface area contributed by atoms with Gasteiger partial charge >= 0.3 is 5.97 Å². The zero-order valence-corrected chi connectivity index (χ0v) is 12.9. The van der Waals surface area contributed by atoms with Gasteiger partial charge in [-0.25, -0.2) is 4.79 Å². The summed E-state index contributed by atoms with van der Waals surface area (Å²) in [6.07, 6.45) is 2.58. The molecule has 2 aliphatic heterocycles. The third kappa shape index (κ3) is 3.02. The van der Waals surface area contributed by atoms with Crippen LogP contribution in [-0.4, -0.2) is 43.1 Å². The van der Waals surface area contributed by atoms with Crippen molar-refractivity contribution in [2.45, 2.75) is 24.9 Å². The third-order valence-corrected chi connectivity index (χ3v) is 4.14. The van der Waals surface area contributed by atoms with Gasteiger partial charge in [0.05, 0.1) is 13.2 Å². The Morgan fingerprint density at radius 1 is 1.17 bits per heavy atom. The van der Waals surface area contributed by atoms with Gasteiger partial charge < -0.3 is 19.1 Å². The van der Waals surface area contributed by atoms with Gasteiger partial charge in [-0.3, -0.25) is 4.79 Å². The van der Waals surface area contributed by atoms with E-state index in [1.807, 2.05) is 30.3 Å². The largest absolute Gasteiger partial charge is 0.494 e. The Bertz CT molecular complexity index is 613. The van der Waals surface area contributed by atoms with Crippen LogP contribution in [0.3, 0.4) is 0 Å². The van der Waals surface area contributed by atoms with Crippen molar-refractivity contribution in [2.24, 2.45) is 0 Å². The predicted molar refractivity (Wildman–Crippen MR) is 81.1 cm³/mol. The average molecular weight is 317 g/mol. The van der Waals surface area contributed by atoms with Gasteiger partial charge in [-0.1, -0.05) is 30.3 Å². The van der Waals surface area contributed by atoms with Gasteiger partial charge in [0.25, 0.3) is 5.91 Å². The van der Waals surface area contributed by atoms with E-state index in [9.17, 15) is 9.59 Å². The molecule has 1 fully saturated rings. The molecule has 0 saturated carbocycles. The smallest absolute Gasteiger partial charge is 0.328 e. The van der Waals surface area contributed by atoms with E-state index in [-0.39, 0.29) is 17.7 Å². The minimum absolute atomic E-state index is 0.132. The highest BCUT2D eigenvalue weighted by Gasteiger charge is 2.43. The fourth-order valence-electron chi connectivity index (χ4n) is 3.07. The first-order valence-corrected chi connectivity index (χ1v) is 7.62. The molecule has 1 saturated heterocycles. The first kappa shape index (κ1) is 15.4. The van der Waals surface area contributed by atoms with E-state index in [0.717, 1.165) is 5.56 Å². The highest BCUT2D eigenvalue weighted by atomic mass is 16.6. The number of carbonyl (C=O) groups excluding carboxylic acids is 2. The number of hydrogen-bond acceptors (Lipinski definition) is 5. The van der Waals surface area contributed by atoms with Crippen LogP contribution in [0.1, 0.15) is 24.4 Å². The molecule has 0 bridgehead atoms. The van der Waals surface area contributed by atoms with Crippen LogP contribution in [0, 0.1) is 0 Å². The maximum Gasteiger partial charge on any atom is 0.328 e. The molecule has 6 heteroatoms. The van der Waals surface area contributed by atoms with E-state index in [1.54, 1.807) is 4.90 Å². The van der Waals surface area contributed by atoms with Crippen LogP contribution in [0.4, 0.5) is 0 Å². The standard InChI is InChI=1S/C17H19NO5/c1-21-17(20)14-8-7-13(12-5-3-2-4-6-12)18(14)16(19)15-11-22-9-10-23-15/h2-6,11,13-14H,7-10H2,1H3/t13-,14-/m0/s1. The Hall–Kier alpha value is -2.50. The molecular formula is C17H19NO5. The number of methoxy groups -OCH3 is 1. The summed E-state index contributed by atoms with van der Waals surface area (Å²) in [5.74, 6) is -0.617. The van der Waals surface area contributed by atoms with Crippen molar-refractivity contribution in [3.05, 3.63) is 47.9 Å². The lowest BCUT2D eigenvalue weighted by Crippen LogP contribution is -2.43. The Morgan fingerprint density at radius 2 is 1.96 bits per heavy atom. The molecule has 3 rings (SSSR count). The van der Waals surface area contributed by atoms with Crippen molar-refractivity contribution >= 4 is 11.9 Å². The molecule has 0 unspecified atom stereocenters. The molecule has 0 aromatic heterocycles. The van der Waals surface area contributed by atoms with E-state index in [4.69, 9.17) is 14.2 Å². The summed E-state index contributed by atoms with van der Waals surface area (Å²) in [7, 11) is 1.33. The summed E-state index contributed by atoms with van der Waals surface area (Å²) in [6.45, 7) is 0.740. The second-order valence-electron chi connectivity index (χ2n) is 5.46. The average Bonchev–Trinajstić information content (AvgIpc) is 3.07. The first-order valence-electron chi connectivity index (χ1n) is 7.62. The maximum atomic E-state index is 12.9. The molecule has 0 aliphatic carbocycles. The summed E-state index contributed by atoms with van der Waals surface area (Å²) in [6, 6.07) is 8.88. The summed E-state index contributed by atoms with van der Waals surface area (Å²) < 4.78 is 15.4. The lowest BCUT2D eigenvalue weighted by molar-refractivity contribution is -0.152. The zero-order valence-electron chi connectivity index (χ0n) is 12.9.